The first-order chi connectivity index (χ1) is 12.6. The molecule has 27 heavy (non-hydrogen) atoms. The molecule has 1 aliphatic heterocycles. The maximum Gasteiger partial charge on any atom is 0.248 e. The lowest BCUT2D eigenvalue weighted by Gasteiger charge is -2.23. The summed E-state index contributed by atoms with van der Waals surface area (Å²) in [5.74, 6) is 2.26. The van der Waals surface area contributed by atoms with E-state index in [1.165, 1.54) is 0 Å². The summed E-state index contributed by atoms with van der Waals surface area (Å²) < 4.78 is 0. The monoisotopic (exact) mass is 410 g/mol. The van der Waals surface area contributed by atoms with Gasteiger partial charge in [0.05, 0.1) is 12.4 Å². The molecule has 2 amide bonds. The first-order valence-electron chi connectivity index (χ1n) is 8.52. The number of halogens is 1. The van der Waals surface area contributed by atoms with Crippen LogP contribution in [0.5, 0.6) is 0 Å². The van der Waals surface area contributed by atoms with Crippen molar-refractivity contribution in [2.45, 2.75) is 32.4 Å². The Morgan fingerprint density at radius 2 is 2.11 bits per heavy atom. The van der Waals surface area contributed by atoms with Crippen molar-refractivity contribution in [3.8, 4) is 11.4 Å². The van der Waals surface area contributed by atoms with E-state index >= 15 is 0 Å². The second kappa shape index (κ2) is 9.72. The Bertz CT molecular complexity index is 782. The van der Waals surface area contributed by atoms with Crippen LogP contribution in [0.3, 0.4) is 0 Å². The number of rotatable bonds is 6. The SMILES string of the molecule is CCCC(=O)N1CSCC1C(=O)Nc1ccc(-c2n[nH]c(CN)n2)cc1.Cl. The number of carbonyl (C=O) groups excluding carboxylic acids is 2. The first kappa shape index (κ1) is 21.2. The maximum atomic E-state index is 12.6. The Labute approximate surface area is 168 Å². The van der Waals surface area contributed by atoms with Gasteiger partial charge in [0, 0.05) is 23.4 Å². The Morgan fingerprint density at radius 3 is 2.74 bits per heavy atom. The van der Waals surface area contributed by atoms with Gasteiger partial charge < -0.3 is 16.0 Å². The average Bonchev–Trinajstić information content (AvgIpc) is 3.32. The topological polar surface area (TPSA) is 117 Å². The number of carbonyl (C=O) groups is 2. The van der Waals surface area contributed by atoms with E-state index in [2.05, 4.69) is 20.5 Å². The number of aromatic nitrogens is 3. The molecule has 0 bridgehead atoms. The average molecular weight is 411 g/mol. The third-order valence-electron chi connectivity index (χ3n) is 4.10. The molecule has 1 aromatic heterocycles. The van der Waals surface area contributed by atoms with E-state index in [1.807, 2.05) is 19.1 Å². The lowest BCUT2D eigenvalue weighted by Crippen LogP contribution is -2.44. The molecule has 2 heterocycles. The minimum atomic E-state index is -0.418. The normalized spacial score (nSPS) is 16.1. The Morgan fingerprint density at radius 1 is 1.37 bits per heavy atom. The number of nitrogens with zero attached hydrogens (tertiary/aromatic N) is 3. The minimum absolute atomic E-state index is 0. The van der Waals surface area contributed by atoms with Crippen LogP contribution in [0.2, 0.25) is 0 Å². The zero-order valence-corrected chi connectivity index (χ0v) is 16.6. The van der Waals surface area contributed by atoms with Crippen LogP contribution >= 0.6 is 24.2 Å². The molecule has 10 heteroatoms. The van der Waals surface area contributed by atoms with Gasteiger partial charge in [-0.2, -0.15) is 5.10 Å². The number of nitrogens with one attached hydrogen (secondary N) is 2. The molecule has 4 N–H and O–H groups in total. The number of hydrogen-bond acceptors (Lipinski definition) is 6. The summed E-state index contributed by atoms with van der Waals surface area (Å²) in [5, 5.41) is 9.77. The molecular weight excluding hydrogens is 388 g/mol. The van der Waals surface area contributed by atoms with Gasteiger partial charge in [0.25, 0.3) is 0 Å². The third-order valence-corrected chi connectivity index (χ3v) is 5.12. The summed E-state index contributed by atoms with van der Waals surface area (Å²) >= 11 is 1.60. The van der Waals surface area contributed by atoms with Gasteiger partial charge in [-0.3, -0.25) is 14.7 Å². The molecule has 3 rings (SSSR count). The van der Waals surface area contributed by atoms with E-state index < -0.39 is 6.04 Å². The van der Waals surface area contributed by atoms with Crippen molar-refractivity contribution in [2.75, 3.05) is 16.9 Å². The van der Waals surface area contributed by atoms with Crippen LogP contribution in [0.4, 0.5) is 5.69 Å². The van der Waals surface area contributed by atoms with E-state index in [4.69, 9.17) is 5.73 Å². The van der Waals surface area contributed by atoms with Crippen LogP contribution in [0, 0.1) is 0 Å². The molecule has 8 nitrogen and oxygen atoms in total. The smallest absolute Gasteiger partial charge is 0.248 e. The fourth-order valence-electron chi connectivity index (χ4n) is 2.71. The fourth-order valence-corrected chi connectivity index (χ4v) is 3.89. The number of nitrogens with two attached hydrogens (primary N) is 1. The number of benzene rings is 1. The van der Waals surface area contributed by atoms with Crippen molar-refractivity contribution in [3.63, 3.8) is 0 Å². The Kier molecular flexibility index (Phi) is 7.64. The van der Waals surface area contributed by atoms with Crippen molar-refractivity contribution in [2.24, 2.45) is 5.73 Å². The van der Waals surface area contributed by atoms with Gasteiger partial charge in [-0.15, -0.1) is 24.2 Å². The quantitative estimate of drug-likeness (QED) is 0.670. The van der Waals surface area contributed by atoms with Gasteiger partial charge in [0.15, 0.2) is 5.82 Å². The molecule has 146 valence electrons. The zero-order chi connectivity index (χ0) is 18.5. The van der Waals surface area contributed by atoms with Gasteiger partial charge in [-0.1, -0.05) is 6.92 Å². The molecule has 1 fully saturated rings. The van der Waals surface area contributed by atoms with Crippen molar-refractivity contribution in [3.05, 3.63) is 30.1 Å². The summed E-state index contributed by atoms with van der Waals surface area (Å²) in [7, 11) is 0. The highest BCUT2D eigenvalue weighted by Crippen LogP contribution is 2.24. The second-order valence-corrected chi connectivity index (χ2v) is 7.01. The summed E-state index contributed by atoms with van der Waals surface area (Å²) in [5.41, 5.74) is 7.02. The molecule has 0 aliphatic carbocycles. The van der Waals surface area contributed by atoms with E-state index in [-0.39, 0.29) is 24.2 Å². The first-order valence-corrected chi connectivity index (χ1v) is 9.67. The van der Waals surface area contributed by atoms with Crippen LogP contribution in [0.15, 0.2) is 24.3 Å². The number of aromatic amines is 1. The van der Waals surface area contributed by atoms with E-state index in [9.17, 15) is 9.59 Å². The van der Waals surface area contributed by atoms with Crippen LogP contribution < -0.4 is 11.1 Å². The third kappa shape index (κ3) is 5.00. The van der Waals surface area contributed by atoms with Crippen molar-refractivity contribution < 1.29 is 9.59 Å². The van der Waals surface area contributed by atoms with Gasteiger partial charge >= 0.3 is 0 Å². The van der Waals surface area contributed by atoms with Crippen molar-refractivity contribution in [1.82, 2.24) is 20.1 Å². The number of hydrogen-bond donors (Lipinski definition) is 3. The fraction of sp³-hybridized carbons (Fsp3) is 0.412. The molecule has 1 unspecified atom stereocenters. The summed E-state index contributed by atoms with van der Waals surface area (Å²) in [6, 6.07) is 6.85. The zero-order valence-electron chi connectivity index (χ0n) is 15.0. The highest BCUT2D eigenvalue weighted by Gasteiger charge is 2.34. The number of H-pyrrole nitrogens is 1. The number of anilines is 1. The van der Waals surface area contributed by atoms with Gasteiger partial charge in [-0.05, 0) is 30.7 Å². The molecule has 2 aromatic rings. The van der Waals surface area contributed by atoms with Crippen LogP contribution in [-0.2, 0) is 16.1 Å². The Hall–Kier alpha value is -2.10. The molecule has 1 atom stereocenters. The van der Waals surface area contributed by atoms with E-state index in [0.29, 0.717) is 41.9 Å². The van der Waals surface area contributed by atoms with E-state index in [1.54, 1.807) is 28.8 Å². The number of amides is 2. The summed E-state index contributed by atoms with van der Waals surface area (Å²) in [6.07, 6.45) is 1.25. The lowest BCUT2D eigenvalue weighted by molar-refractivity contribution is -0.136. The van der Waals surface area contributed by atoms with Crippen LogP contribution in [0.1, 0.15) is 25.6 Å². The minimum Gasteiger partial charge on any atom is -0.324 e. The molecule has 1 aliphatic rings. The van der Waals surface area contributed by atoms with Crippen LogP contribution in [-0.4, -0.2) is 49.6 Å². The Balaban J connectivity index is 0.00000261. The van der Waals surface area contributed by atoms with E-state index in [0.717, 1.165) is 12.0 Å². The molecule has 0 spiro atoms. The largest absolute Gasteiger partial charge is 0.324 e. The molecule has 0 saturated carbocycles. The highest BCUT2D eigenvalue weighted by atomic mass is 35.5. The summed E-state index contributed by atoms with van der Waals surface area (Å²) in [6.45, 7) is 2.26. The molecular formula is C17H23ClN6O2S. The second-order valence-electron chi connectivity index (χ2n) is 6.01. The van der Waals surface area contributed by atoms with Gasteiger partial charge in [-0.25, -0.2) is 4.98 Å². The predicted molar refractivity (Wildman–Crippen MR) is 108 cm³/mol. The van der Waals surface area contributed by atoms with Crippen molar-refractivity contribution >= 4 is 41.7 Å². The lowest BCUT2D eigenvalue weighted by atomic mass is 10.2. The van der Waals surface area contributed by atoms with Gasteiger partial charge in [0.2, 0.25) is 11.8 Å². The summed E-state index contributed by atoms with van der Waals surface area (Å²) in [4.78, 5) is 30.7. The maximum absolute atomic E-state index is 12.6. The molecule has 1 aromatic carbocycles. The predicted octanol–water partition coefficient (Wildman–Crippen LogP) is 1.99. The molecule has 0 radical (unpaired) electrons. The highest BCUT2D eigenvalue weighted by molar-refractivity contribution is 7.99. The standard InChI is InChI=1S/C17H22N6O2S.ClH/c1-2-3-15(24)23-10-26-9-13(23)17(25)19-12-6-4-11(5-7-12)16-20-14(8-18)21-22-16;/h4-7,13H,2-3,8-10,18H2,1H3,(H,19,25)(H,20,21,22);1H. The number of thioether (sulfide) groups is 1. The van der Waals surface area contributed by atoms with Crippen LogP contribution in [0.25, 0.3) is 11.4 Å². The van der Waals surface area contributed by atoms with Crippen molar-refractivity contribution in [1.29, 1.82) is 0 Å². The van der Waals surface area contributed by atoms with Gasteiger partial charge in [0.1, 0.15) is 11.9 Å². The molecule has 1 saturated heterocycles.